The van der Waals surface area contributed by atoms with Gasteiger partial charge in [-0.2, -0.15) is 0 Å². The Hall–Kier alpha value is -1.55. The van der Waals surface area contributed by atoms with Gasteiger partial charge in [0.2, 0.25) is 5.91 Å². The highest BCUT2D eigenvalue weighted by molar-refractivity contribution is 6.31. The van der Waals surface area contributed by atoms with Gasteiger partial charge in [-0.1, -0.05) is 29.8 Å². The first-order valence-electron chi connectivity index (χ1n) is 7.15. The van der Waals surface area contributed by atoms with Crippen molar-refractivity contribution in [3.05, 3.63) is 34.9 Å². The highest BCUT2D eigenvalue weighted by Gasteiger charge is 2.36. The molecule has 0 spiro atoms. The summed E-state index contributed by atoms with van der Waals surface area (Å²) >= 11 is 6.18. The second-order valence-corrected chi connectivity index (χ2v) is 6.10. The van der Waals surface area contributed by atoms with E-state index in [4.69, 9.17) is 16.7 Å². The molecular weight excluding hydrogens is 290 g/mol. The molecule has 114 valence electrons. The van der Waals surface area contributed by atoms with E-state index in [2.05, 4.69) is 0 Å². The smallest absolute Gasteiger partial charge is 0.306 e. The fraction of sp³-hybridized carbons (Fsp3) is 0.500. The summed E-state index contributed by atoms with van der Waals surface area (Å²) in [5.41, 5.74) is 0.905. The Morgan fingerprint density at radius 2 is 1.90 bits per heavy atom. The third-order valence-corrected chi connectivity index (χ3v) is 4.76. The van der Waals surface area contributed by atoms with Gasteiger partial charge in [0.1, 0.15) is 0 Å². The van der Waals surface area contributed by atoms with Gasteiger partial charge >= 0.3 is 5.97 Å². The molecule has 0 aliphatic heterocycles. The summed E-state index contributed by atoms with van der Waals surface area (Å²) in [4.78, 5) is 25.2. The van der Waals surface area contributed by atoms with E-state index < -0.39 is 5.97 Å². The van der Waals surface area contributed by atoms with Crippen LogP contribution < -0.4 is 0 Å². The van der Waals surface area contributed by atoms with E-state index in [0.29, 0.717) is 24.3 Å². The van der Waals surface area contributed by atoms with Crippen LogP contribution in [0.15, 0.2) is 24.3 Å². The first kappa shape index (κ1) is 15.8. The summed E-state index contributed by atoms with van der Waals surface area (Å²) < 4.78 is 0. The molecule has 0 heterocycles. The Morgan fingerprint density at radius 3 is 2.48 bits per heavy atom. The molecule has 1 aliphatic rings. The predicted molar refractivity (Wildman–Crippen MR) is 81.1 cm³/mol. The maximum Gasteiger partial charge on any atom is 0.306 e. The van der Waals surface area contributed by atoms with E-state index in [1.807, 2.05) is 31.2 Å². The quantitative estimate of drug-likeness (QED) is 0.927. The summed E-state index contributed by atoms with van der Waals surface area (Å²) in [7, 11) is 1.75. The van der Waals surface area contributed by atoms with Crippen molar-refractivity contribution >= 4 is 23.5 Å². The van der Waals surface area contributed by atoms with Crippen LogP contribution in [0.1, 0.15) is 37.8 Å². The van der Waals surface area contributed by atoms with Crippen molar-refractivity contribution in [1.82, 2.24) is 4.90 Å². The average molecular weight is 310 g/mol. The number of nitrogens with zero attached hydrogens (tertiary/aromatic N) is 1. The van der Waals surface area contributed by atoms with Crippen molar-refractivity contribution in [1.29, 1.82) is 0 Å². The summed E-state index contributed by atoms with van der Waals surface area (Å²) in [6.07, 6.45) is 1.67. The number of carbonyl (C=O) groups is 2. The molecule has 3 atom stereocenters. The summed E-state index contributed by atoms with van der Waals surface area (Å²) in [5.74, 6) is -1.37. The lowest BCUT2D eigenvalue weighted by Gasteiger charge is -2.28. The molecule has 0 radical (unpaired) electrons. The van der Waals surface area contributed by atoms with Crippen LogP contribution in [0.4, 0.5) is 0 Å². The average Bonchev–Trinajstić information content (AvgIpc) is 2.95. The normalized spacial score (nSPS) is 22.8. The summed E-state index contributed by atoms with van der Waals surface area (Å²) in [5, 5.41) is 9.67. The topological polar surface area (TPSA) is 57.6 Å². The number of carboxylic acid groups (broad SMARTS) is 1. The molecule has 0 saturated heterocycles. The minimum absolute atomic E-state index is 0.00571. The van der Waals surface area contributed by atoms with Crippen molar-refractivity contribution in [3.63, 3.8) is 0 Å². The molecule has 4 nitrogen and oxygen atoms in total. The number of carbonyl (C=O) groups excluding carboxylic acids is 1. The molecular formula is C16H20ClNO3. The number of amides is 1. The van der Waals surface area contributed by atoms with Crippen LogP contribution in [0.5, 0.6) is 0 Å². The Bertz CT molecular complexity index is 546. The van der Waals surface area contributed by atoms with Gasteiger partial charge in [-0.3, -0.25) is 9.59 Å². The number of carboxylic acids is 1. The van der Waals surface area contributed by atoms with Crippen LogP contribution in [0.25, 0.3) is 0 Å². The van der Waals surface area contributed by atoms with Crippen molar-refractivity contribution < 1.29 is 14.7 Å². The number of halogens is 1. The fourth-order valence-corrected chi connectivity index (χ4v) is 3.23. The number of hydrogen-bond acceptors (Lipinski definition) is 2. The van der Waals surface area contributed by atoms with Crippen molar-refractivity contribution in [3.8, 4) is 0 Å². The largest absolute Gasteiger partial charge is 0.481 e. The monoisotopic (exact) mass is 309 g/mol. The molecule has 1 unspecified atom stereocenters. The standard InChI is InChI=1S/C16H20ClNO3/c1-10(13-5-3-4-6-14(13)17)18(2)15(19)11-7-8-12(9-11)16(20)21/h3-6,10-12H,7-9H2,1-2H3,(H,20,21)/t10?,11-,12+/m1/s1. The Labute approximate surface area is 129 Å². The van der Waals surface area contributed by atoms with Gasteiger partial charge in [0, 0.05) is 18.0 Å². The zero-order valence-corrected chi connectivity index (χ0v) is 13.0. The molecule has 5 heteroatoms. The van der Waals surface area contributed by atoms with E-state index in [1.54, 1.807) is 11.9 Å². The lowest BCUT2D eigenvalue weighted by atomic mass is 10.0. The highest BCUT2D eigenvalue weighted by atomic mass is 35.5. The van der Waals surface area contributed by atoms with Crippen LogP contribution >= 0.6 is 11.6 Å². The van der Waals surface area contributed by atoms with E-state index in [0.717, 1.165) is 5.56 Å². The lowest BCUT2D eigenvalue weighted by Crippen LogP contribution is -2.34. The van der Waals surface area contributed by atoms with E-state index in [-0.39, 0.29) is 23.8 Å². The molecule has 1 N–H and O–H groups in total. The molecule has 0 bridgehead atoms. The summed E-state index contributed by atoms with van der Waals surface area (Å²) in [6, 6.07) is 7.34. The zero-order valence-electron chi connectivity index (χ0n) is 12.3. The van der Waals surface area contributed by atoms with Crippen LogP contribution in [0.3, 0.4) is 0 Å². The minimum atomic E-state index is -0.799. The SMILES string of the molecule is CC(c1ccccc1Cl)N(C)C(=O)[C@@H]1CC[C@H](C(=O)O)C1. The first-order chi connectivity index (χ1) is 9.91. The van der Waals surface area contributed by atoms with Crippen LogP contribution in [0.2, 0.25) is 5.02 Å². The number of aliphatic carboxylic acids is 1. The number of rotatable bonds is 4. The first-order valence-corrected chi connectivity index (χ1v) is 7.53. The predicted octanol–water partition coefficient (Wildman–Crippen LogP) is 3.36. The highest BCUT2D eigenvalue weighted by Crippen LogP contribution is 2.34. The van der Waals surface area contributed by atoms with Gasteiger partial charge in [0.05, 0.1) is 12.0 Å². The Morgan fingerprint density at radius 1 is 1.29 bits per heavy atom. The zero-order chi connectivity index (χ0) is 15.6. The number of hydrogen-bond donors (Lipinski definition) is 1. The maximum atomic E-state index is 12.5. The van der Waals surface area contributed by atoms with Gasteiger partial charge in [0.15, 0.2) is 0 Å². The van der Waals surface area contributed by atoms with Gasteiger partial charge in [-0.25, -0.2) is 0 Å². The van der Waals surface area contributed by atoms with Crippen LogP contribution in [0, 0.1) is 11.8 Å². The molecule has 1 aromatic rings. The third-order valence-electron chi connectivity index (χ3n) is 4.41. The van der Waals surface area contributed by atoms with Crippen molar-refractivity contribution in [2.24, 2.45) is 11.8 Å². The van der Waals surface area contributed by atoms with Crippen LogP contribution in [-0.2, 0) is 9.59 Å². The van der Waals surface area contributed by atoms with Gasteiger partial charge in [-0.15, -0.1) is 0 Å². The van der Waals surface area contributed by atoms with Crippen molar-refractivity contribution in [2.75, 3.05) is 7.05 Å². The molecule has 1 amide bonds. The molecule has 0 aromatic heterocycles. The van der Waals surface area contributed by atoms with Crippen molar-refractivity contribution in [2.45, 2.75) is 32.2 Å². The molecule has 1 aromatic carbocycles. The molecule has 2 rings (SSSR count). The maximum absolute atomic E-state index is 12.5. The molecule has 1 saturated carbocycles. The second kappa shape index (κ2) is 6.48. The van der Waals surface area contributed by atoms with E-state index in [9.17, 15) is 9.59 Å². The Balaban J connectivity index is 2.06. The van der Waals surface area contributed by atoms with E-state index in [1.165, 1.54) is 0 Å². The van der Waals surface area contributed by atoms with E-state index >= 15 is 0 Å². The molecule has 1 aliphatic carbocycles. The van der Waals surface area contributed by atoms with Crippen LogP contribution in [-0.4, -0.2) is 28.9 Å². The lowest BCUT2D eigenvalue weighted by molar-refractivity contribution is -0.141. The van der Waals surface area contributed by atoms with Gasteiger partial charge in [-0.05, 0) is 37.8 Å². The molecule has 21 heavy (non-hydrogen) atoms. The Kier molecular flexibility index (Phi) is 4.88. The summed E-state index contributed by atoms with van der Waals surface area (Å²) in [6.45, 7) is 1.93. The minimum Gasteiger partial charge on any atom is -0.481 e. The van der Waals surface area contributed by atoms with Gasteiger partial charge in [0.25, 0.3) is 0 Å². The fourth-order valence-electron chi connectivity index (χ4n) is 2.93. The third kappa shape index (κ3) is 3.38. The number of benzene rings is 1. The molecule has 1 fully saturated rings. The second-order valence-electron chi connectivity index (χ2n) is 5.69. The van der Waals surface area contributed by atoms with Gasteiger partial charge < -0.3 is 10.0 Å².